The lowest BCUT2D eigenvalue weighted by Gasteiger charge is -2.36. The summed E-state index contributed by atoms with van der Waals surface area (Å²) in [5.74, 6) is -2.25. The fraction of sp³-hybridized carbons (Fsp3) is 0.500. The summed E-state index contributed by atoms with van der Waals surface area (Å²) in [6, 6.07) is 10.7. The summed E-state index contributed by atoms with van der Waals surface area (Å²) in [7, 11) is 1.58. The van der Waals surface area contributed by atoms with Crippen molar-refractivity contribution in [3.63, 3.8) is 0 Å². The van der Waals surface area contributed by atoms with Crippen molar-refractivity contribution < 1.29 is 43.3 Å². The predicted octanol–water partition coefficient (Wildman–Crippen LogP) is 3.01. The minimum atomic E-state index is -1.17. The third kappa shape index (κ3) is 9.39. The number of aromatic nitrogens is 1. The van der Waals surface area contributed by atoms with E-state index >= 15 is 0 Å². The van der Waals surface area contributed by atoms with Crippen LogP contribution >= 0.6 is 0 Å². The van der Waals surface area contributed by atoms with Crippen LogP contribution in [0.2, 0.25) is 0 Å². The van der Waals surface area contributed by atoms with Crippen LogP contribution in [0.4, 0.5) is 9.59 Å². The van der Waals surface area contributed by atoms with E-state index < -0.39 is 36.0 Å². The highest BCUT2D eigenvalue weighted by Gasteiger charge is 2.32. The molecule has 4 rings (SSSR count). The van der Waals surface area contributed by atoms with Crippen LogP contribution in [-0.2, 0) is 19.1 Å². The van der Waals surface area contributed by atoms with Crippen molar-refractivity contribution in [3.05, 3.63) is 48.2 Å². The second-order valence-corrected chi connectivity index (χ2v) is 11.1. The van der Waals surface area contributed by atoms with Crippen LogP contribution in [0.1, 0.15) is 49.5 Å². The van der Waals surface area contributed by atoms with E-state index in [1.807, 2.05) is 13.0 Å². The maximum atomic E-state index is 13.6. The molecule has 3 heterocycles. The largest absolute Gasteiger partial charge is 0.481 e. The third-order valence-electron chi connectivity index (χ3n) is 7.87. The molecule has 2 saturated heterocycles. The molecule has 0 bridgehead atoms. The molecule has 46 heavy (non-hydrogen) atoms. The Morgan fingerprint density at radius 2 is 1.70 bits per heavy atom. The van der Waals surface area contributed by atoms with Gasteiger partial charge < -0.3 is 39.3 Å². The number of hydrogen-bond acceptors (Lipinski definition) is 9. The molecule has 4 amide bonds. The second-order valence-electron chi connectivity index (χ2n) is 11.1. The molecule has 14 nitrogen and oxygen atoms in total. The van der Waals surface area contributed by atoms with Crippen LogP contribution in [0.25, 0.3) is 11.3 Å². The summed E-state index contributed by atoms with van der Waals surface area (Å²) in [6.45, 7) is 4.04. The number of piperazine rings is 1. The zero-order chi connectivity index (χ0) is 33.1. The molecule has 2 aromatic rings. The number of unbranched alkanes of at least 4 members (excludes halogenated alkanes) is 1. The summed E-state index contributed by atoms with van der Waals surface area (Å²) in [5.41, 5.74) is 0.912. The van der Waals surface area contributed by atoms with Crippen molar-refractivity contribution in [1.82, 2.24) is 25.0 Å². The number of ether oxygens (including phenoxy) is 3. The number of rotatable bonds is 12. The molecule has 2 atom stereocenters. The van der Waals surface area contributed by atoms with Crippen LogP contribution in [0.15, 0.2) is 42.5 Å². The minimum absolute atomic E-state index is 0.0835. The Kier molecular flexibility index (Phi) is 12.3. The van der Waals surface area contributed by atoms with Gasteiger partial charge in [-0.2, -0.15) is 0 Å². The second kappa shape index (κ2) is 16.5. The Labute approximate surface area is 267 Å². The molecular formula is C32H41N5O9. The van der Waals surface area contributed by atoms with Gasteiger partial charge in [0.05, 0.1) is 24.9 Å². The van der Waals surface area contributed by atoms with Gasteiger partial charge in [-0.1, -0.05) is 43.7 Å². The average molecular weight is 640 g/mol. The number of carbonyl (C=O) groups excluding carboxylic acids is 4. The van der Waals surface area contributed by atoms with Crippen molar-refractivity contribution in [1.29, 1.82) is 0 Å². The first-order valence-electron chi connectivity index (χ1n) is 15.5. The number of carboxylic acid groups (broad SMARTS) is 1. The van der Waals surface area contributed by atoms with Crippen molar-refractivity contribution in [2.45, 2.75) is 51.2 Å². The average Bonchev–Trinajstić information content (AvgIpc) is 3.56. The van der Waals surface area contributed by atoms with E-state index in [4.69, 9.17) is 14.2 Å². The smallest absolute Gasteiger partial charge is 0.415 e. The first-order chi connectivity index (χ1) is 22.2. The molecule has 0 saturated carbocycles. The number of nitrogens with one attached hydrogen (secondary N) is 1. The lowest BCUT2D eigenvalue weighted by atomic mass is 10.1. The summed E-state index contributed by atoms with van der Waals surface area (Å²) >= 11 is 0. The number of carbonyl (C=O) groups is 5. The van der Waals surface area contributed by atoms with E-state index in [0.29, 0.717) is 37.4 Å². The maximum Gasteiger partial charge on any atom is 0.415 e. The highest BCUT2D eigenvalue weighted by molar-refractivity contribution is 5.97. The SMILES string of the molecule is CCCCOC(=O)N1CCN(C(=O)[C@H](CCC(=O)O)NC(=O)c2cc(OC(=O)N3CC[C@@H](OC)C3)cc(-c3ccccc3)n2)CC1. The zero-order valence-electron chi connectivity index (χ0n) is 26.2. The van der Waals surface area contributed by atoms with Crippen molar-refractivity contribution >= 4 is 30.0 Å². The van der Waals surface area contributed by atoms with Crippen LogP contribution in [0, 0.1) is 0 Å². The van der Waals surface area contributed by atoms with E-state index in [-0.39, 0.29) is 56.6 Å². The molecular weight excluding hydrogens is 598 g/mol. The van der Waals surface area contributed by atoms with Gasteiger partial charge in [0.2, 0.25) is 5.91 Å². The summed E-state index contributed by atoms with van der Waals surface area (Å²) in [4.78, 5) is 72.8. The van der Waals surface area contributed by atoms with Gasteiger partial charge in [-0.05, 0) is 19.3 Å². The van der Waals surface area contributed by atoms with Crippen molar-refractivity contribution in [2.24, 2.45) is 0 Å². The Morgan fingerprint density at radius 3 is 2.35 bits per heavy atom. The zero-order valence-corrected chi connectivity index (χ0v) is 26.2. The van der Waals surface area contributed by atoms with E-state index in [1.54, 1.807) is 37.4 Å². The van der Waals surface area contributed by atoms with E-state index in [0.717, 1.165) is 12.8 Å². The highest BCUT2D eigenvalue weighted by atomic mass is 16.6. The van der Waals surface area contributed by atoms with Crippen molar-refractivity contribution in [3.8, 4) is 17.0 Å². The van der Waals surface area contributed by atoms with Gasteiger partial charge >= 0.3 is 18.2 Å². The quantitative estimate of drug-likeness (QED) is 0.330. The third-order valence-corrected chi connectivity index (χ3v) is 7.87. The van der Waals surface area contributed by atoms with Gasteiger partial charge in [0, 0.05) is 64.0 Å². The molecule has 14 heteroatoms. The maximum absolute atomic E-state index is 13.6. The highest BCUT2D eigenvalue weighted by Crippen LogP contribution is 2.25. The fourth-order valence-electron chi connectivity index (χ4n) is 5.17. The van der Waals surface area contributed by atoms with Crippen LogP contribution < -0.4 is 10.1 Å². The first kappa shape index (κ1) is 34.2. The topological polar surface area (TPSA) is 168 Å². The summed E-state index contributed by atoms with van der Waals surface area (Å²) < 4.78 is 16.2. The number of pyridine rings is 1. The lowest BCUT2D eigenvalue weighted by Crippen LogP contribution is -2.56. The van der Waals surface area contributed by atoms with E-state index in [9.17, 15) is 29.1 Å². The molecule has 1 aromatic carbocycles. The Morgan fingerprint density at radius 1 is 0.978 bits per heavy atom. The van der Waals surface area contributed by atoms with Gasteiger partial charge in [-0.15, -0.1) is 0 Å². The van der Waals surface area contributed by atoms with Gasteiger partial charge in [0.1, 0.15) is 17.5 Å². The Hall–Kier alpha value is -4.72. The van der Waals surface area contributed by atoms with Crippen LogP contribution in [0.3, 0.4) is 0 Å². The molecule has 0 radical (unpaired) electrons. The first-order valence-corrected chi connectivity index (χ1v) is 15.5. The number of nitrogens with zero attached hydrogens (tertiary/aromatic N) is 4. The number of amides is 4. The lowest BCUT2D eigenvalue weighted by molar-refractivity contribution is -0.138. The van der Waals surface area contributed by atoms with E-state index in [1.165, 1.54) is 20.8 Å². The van der Waals surface area contributed by atoms with E-state index in [2.05, 4.69) is 10.3 Å². The fourth-order valence-corrected chi connectivity index (χ4v) is 5.17. The molecule has 2 N–H and O–H groups in total. The number of methoxy groups -OCH3 is 1. The number of benzene rings is 1. The van der Waals surface area contributed by atoms with Gasteiger partial charge in [0.15, 0.2) is 0 Å². The molecule has 2 aliphatic heterocycles. The summed E-state index contributed by atoms with van der Waals surface area (Å²) in [6.07, 6.45) is 0.678. The number of likely N-dealkylation sites (tertiary alicyclic amines) is 1. The molecule has 1 aromatic heterocycles. The van der Waals surface area contributed by atoms with Crippen LogP contribution in [0.5, 0.6) is 5.75 Å². The van der Waals surface area contributed by atoms with Gasteiger partial charge in [0.25, 0.3) is 5.91 Å². The standard InChI is InChI=1S/C32H41N5O9/c1-3-4-18-45-31(42)36-16-14-35(15-17-36)30(41)25(10-11-28(38)39)34-29(40)27-20-24(19-26(33-27)22-8-6-5-7-9-22)46-32(43)37-13-12-23(21-37)44-2/h5-9,19-20,23,25H,3-4,10-18,21H2,1-2H3,(H,34,40)(H,38,39)/t23-,25+/m1/s1. The molecule has 248 valence electrons. The molecule has 2 fully saturated rings. The number of carboxylic acids is 1. The molecule has 0 unspecified atom stereocenters. The molecule has 2 aliphatic rings. The number of hydrogen-bond donors (Lipinski definition) is 2. The normalized spacial score (nSPS) is 16.9. The van der Waals surface area contributed by atoms with Gasteiger partial charge in [-0.3, -0.25) is 14.4 Å². The van der Waals surface area contributed by atoms with Crippen molar-refractivity contribution in [2.75, 3.05) is 53.0 Å². The van der Waals surface area contributed by atoms with Gasteiger partial charge in [-0.25, -0.2) is 14.6 Å². The monoisotopic (exact) mass is 639 g/mol. The Balaban J connectivity index is 1.49. The summed E-state index contributed by atoms with van der Waals surface area (Å²) in [5, 5.41) is 12.0. The molecule has 0 aliphatic carbocycles. The minimum Gasteiger partial charge on any atom is -0.481 e. The molecule has 0 spiro atoms. The predicted molar refractivity (Wildman–Crippen MR) is 165 cm³/mol. The van der Waals surface area contributed by atoms with Crippen LogP contribution in [-0.4, -0.2) is 120 Å². The Bertz CT molecular complexity index is 1380. The number of aliphatic carboxylic acids is 1.